The number of nitrogens with one attached hydrogen (secondary N) is 1. The van der Waals surface area contributed by atoms with E-state index in [1.165, 1.54) is 10.5 Å². The van der Waals surface area contributed by atoms with E-state index in [9.17, 15) is 14.4 Å². The molecule has 1 aromatic carbocycles. The van der Waals surface area contributed by atoms with Crippen LogP contribution in [0.1, 0.15) is 48.9 Å². The van der Waals surface area contributed by atoms with Crippen LogP contribution in [0.15, 0.2) is 30.4 Å². The van der Waals surface area contributed by atoms with Crippen molar-refractivity contribution < 1.29 is 14.4 Å². The third-order valence-corrected chi connectivity index (χ3v) is 5.43. The molecule has 0 unspecified atom stereocenters. The number of carbonyl (C=O) groups is 3. The maximum Gasteiger partial charge on any atom is 0.233 e. The lowest BCUT2D eigenvalue weighted by molar-refractivity contribution is -0.140. The number of likely N-dealkylation sites (tertiary alicyclic amines) is 1. The van der Waals surface area contributed by atoms with Crippen molar-refractivity contribution in [3.8, 4) is 0 Å². The van der Waals surface area contributed by atoms with E-state index in [4.69, 9.17) is 0 Å². The molecule has 1 aliphatic heterocycles. The van der Waals surface area contributed by atoms with Crippen LogP contribution >= 0.6 is 0 Å². The lowest BCUT2D eigenvalue weighted by Gasteiger charge is -2.19. The van der Waals surface area contributed by atoms with Crippen molar-refractivity contribution in [2.75, 3.05) is 6.54 Å². The van der Waals surface area contributed by atoms with Crippen molar-refractivity contribution in [3.05, 3.63) is 47.0 Å². The van der Waals surface area contributed by atoms with E-state index < -0.39 is 0 Å². The minimum absolute atomic E-state index is 0.111. The number of hydrogen-bond donors (Lipinski definition) is 1. The van der Waals surface area contributed by atoms with Crippen LogP contribution < -0.4 is 5.32 Å². The zero-order valence-corrected chi connectivity index (χ0v) is 15.6. The van der Waals surface area contributed by atoms with Crippen molar-refractivity contribution in [3.63, 3.8) is 0 Å². The molecule has 0 aromatic heterocycles. The number of hydrogen-bond acceptors (Lipinski definition) is 3. The van der Waals surface area contributed by atoms with E-state index in [1.54, 1.807) is 0 Å². The van der Waals surface area contributed by atoms with Gasteiger partial charge in [0.15, 0.2) is 0 Å². The summed E-state index contributed by atoms with van der Waals surface area (Å²) in [6, 6.07) is 6.04. The van der Waals surface area contributed by atoms with Gasteiger partial charge in [0.2, 0.25) is 17.7 Å². The summed E-state index contributed by atoms with van der Waals surface area (Å²) in [7, 11) is 0. The Morgan fingerprint density at radius 1 is 1.15 bits per heavy atom. The van der Waals surface area contributed by atoms with Gasteiger partial charge in [-0.15, -0.1) is 0 Å². The Labute approximate surface area is 154 Å². The van der Waals surface area contributed by atoms with Gasteiger partial charge in [-0.3, -0.25) is 19.3 Å². The molecule has 1 aliphatic carbocycles. The van der Waals surface area contributed by atoms with E-state index in [-0.39, 0.29) is 48.6 Å². The Morgan fingerprint density at radius 3 is 2.35 bits per heavy atom. The fourth-order valence-corrected chi connectivity index (χ4v) is 4.01. The van der Waals surface area contributed by atoms with E-state index in [2.05, 4.69) is 11.4 Å². The summed E-state index contributed by atoms with van der Waals surface area (Å²) in [5.74, 6) is -0.861. The molecule has 1 fully saturated rings. The second kappa shape index (κ2) is 7.44. The Morgan fingerprint density at radius 2 is 1.77 bits per heavy atom. The van der Waals surface area contributed by atoms with Gasteiger partial charge in [0.25, 0.3) is 0 Å². The van der Waals surface area contributed by atoms with Crippen molar-refractivity contribution in [2.45, 2.75) is 46.1 Å². The molecular weight excluding hydrogens is 328 g/mol. The van der Waals surface area contributed by atoms with Crippen molar-refractivity contribution in [1.82, 2.24) is 10.2 Å². The third kappa shape index (κ3) is 3.57. The van der Waals surface area contributed by atoms with Gasteiger partial charge in [-0.25, -0.2) is 0 Å². The normalized spacial score (nSPS) is 23.1. The number of carbonyl (C=O) groups excluding carboxylic acids is 3. The monoisotopic (exact) mass is 354 g/mol. The molecule has 26 heavy (non-hydrogen) atoms. The predicted molar refractivity (Wildman–Crippen MR) is 99.2 cm³/mol. The largest absolute Gasteiger partial charge is 0.350 e. The van der Waals surface area contributed by atoms with Gasteiger partial charge in [-0.2, -0.15) is 0 Å². The van der Waals surface area contributed by atoms with Crippen molar-refractivity contribution in [1.29, 1.82) is 0 Å². The quantitative estimate of drug-likeness (QED) is 0.653. The number of aryl methyl sites for hydroxylation is 2. The summed E-state index contributed by atoms with van der Waals surface area (Å²) in [6.45, 7) is 6.18. The van der Waals surface area contributed by atoms with Gasteiger partial charge >= 0.3 is 0 Å². The summed E-state index contributed by atoms with van der Waals surface area (Å²) in [4.78, 5) is 38.4. The number of benzene rings is 1. The Balaban J connectivity index is 1.56. The maximum atomic E-state index is 12.4. The van der Waals surface area contributed by atoms with Gasteiger partial charge in [0.1, 0.15) is 0 Å². The molecule has 3 amide bonds. The molecule has 2 aliphatic rings. The molecule has 0 saturated carbocycles. The lowest BCUT2D eigenvalue weighted by atomic mass is 9.85. The average molecular weight is 354 g/mol. The highest BCUT2D eigenvalue weighted by Crippen LogP contribution is 2.35. The molecular formula is C21H26N2O3. The first-order valence-corrected chi connectivity index (χ1v) is 9.25. The number of rotatable bonds is 5. The van der Waals surface area contributed by atoms with Gasteiger partial charge < -0.3 is 5.32 Å². The van der Waals surface area contributed by atoms with E-state index in [0.717, 1.165) is 11.1 Å². The number of nitrogens with zero attached hydrogens (tertiary/aromatic N) is 1. The van der Waals surface area contributed by atoms with Crippen LogP contribution in [-0.2, 0) is 14.4 Å². The van der Waals surface area contributed by atoms with E-state index >= 15 is 0 Å². The molecule has 0 bridgehead atoms. The van der Waals surface area contributed by atoms with Crippen molar-refractivity contribution >= 4 is 17.7 Å². The topological polar surface area (TPSA) is 66.5 Å². The highest BCUT2D eigenvalue weighted by molar-refractivity contribution is 6.05. The van der Waals surface area contributed by atoms with Gasteiger partial charge in [0, 0.05) is 13.0 Å². The Kier molecular flexibility index (Phi) is 5.25. The molecule has 1 saturated heterocycles. The van der Waals surface area contributed by atoms with Crippen LogP contribution in [0.2, 0.25) is 0 Å². The molecule has 138 valence electrons. The number of allylic oxidation sites excluding steroid dienone is 2. The highest BCUT2D eigenvalue weighted by Gasteiger charge is 2.46. The van der Waals surface area contributed by atoms with Crippen LogP contribution in [0.25, 0.3) is 0 Å². The SMILES string of the molecule is Cc1ccc([C@H](C)NC(=O)CCN2C(=O)[C@H]3CC=CC[C@H]3C2=O)c(C)c1. The summed E-state index contributed by atoms with van der Waals surface area (Å²) >= 11 is 0. The smallest absolute Gasteiger partial charge is 0.233 e. The summed E-state index contributed by atoms with van der Waals surface area (Å²) in [6.07, 6.45) is 5.32. The lowest BCUT2D eigenvalue weighted by Crippen LogP contribution is -2.36. The van der Waals surface area contributed by atoms with Gasteiger partial charge in [-0.1, -0.05) is 35.9 Å². The van der Waals surface area contributed by atoms with Crippen molar-refractivity contribution in [2.24, 2.45) is 11.8 Å². The summed E-state index contributed by atoms with van der Waals surface area (Å²) in [5.41, 5.74) is 3.40. The number of amides is 3. The van der Waals surface area contributed by atoms with Crippen LogP contribution in [-0.4, -0.2) is 29.2 Å². The second-order valence-electron chi connectivity index (χ2n) is 7.38. The molecule has 3 rings (SSSR count). The highest BCUT2D eigenvalue weighted by atomic mass is 16.2. The molecule has 1 heterocycles. The first kappa shape index (κ1) is 18.4. The summed E-state index contributed by atoms with van der Waals surface area (Å²) in [5, 5.41) is 2.97. The predicted octanol–water partition coefficient (Wildman–Crippen LogP) is 2.82. The Hall–Kier alpha value is -2.43. The minimum atomic E-state index is -0.232. The molecule has 1 N–H and O–H groups in total. The fraction of sp³-hybridized carbons (Fsp3) is 0.476. The van der Waals surface area contributed by atoms with E-state index in [0.29, 0.717) is 12.8 Å². The zero-order chi connectivity index (χ0) is 18.8. The maximum absolute atomic E-state index is 12.4. The van der Waals surface area contributed by atoms with Gasteiger partial charge in [-0.05, 0) is 44.7 Å². The zero-order valence-electron chi connectivity index (χ0n) is 15.6. The molecule has 5 nitrogen and oxygen atoms in total. The average Bonchev–Trinajstić information content (AvgIpc) is 2.84. The summed E-state index contributed by atoms with van der Waals surface area (Å²) < 4.78 is 0. The number of imide groups is 1. The number of fused-ring (bicyclic) bond motifs is 1. The molecule has 3 atom stereocenters. The minimum Gasteiger partial charge on any atom is -0.350 e. The standard InChI is InChI=1S/C21H26N2O3/c1-13-8-9-16(14(2)12-13)15(3)22-19(24)10-11-23-20(25)17-6-4-5-7-18(17)21(23)26/h4-5,8-9,12,15,17-18H,6-7,10-11H2,1-3H3,(H,22,24)/t15-,17-,18+/m0/s1. The second-order valence-corrected chi connectivity index (χ2v) is 7.38. The van der Waals surface area contributed by atoms with E-state index in [1.807, 2.05) is 45.1 Å². The first-order valence-electron chi connectivity index (χ1n) is 9.25. The molecule has 1 aromatic rings. The van der Waals surface area contributed by atoms with Crippen LogP contribution in [0.3, 0.4) is 0 Å². The molecule has 5 heteroatoms. The van der Waals surface area contributed by atoms with Gasteiger partial charge in [0.05, 0.1) is 17.9 Å². The van der Waals surface area contributed by atoms with Crippen LogP contribution in [0, 0.1) is 25.7 Å². The Bertz CT molecular complexity index is 743. The first-order chi connectivity index (χ1) is 12.4. The fourth-order valence-electron chi connectivity index (χ4n) is 4.01. The molecule has 0 radical (unpaired) electrons. The molecule has 0 spiro atoms. The third-order valence-electron chi connectivity index (χ3n) is 5.43. The van der Waals surface area contributed by atoms with Crippen LogP contribution in [0.4, 0.5) is 0 Å². The van der Waals surface area contributed by atoms with Crippen LogP contribution in [0.5, 0.6) is 0 Å².